The molecular weight excluding hydrogens is 338 g/mol. The van der Waals surface area contributed by atoms with Crippen molar-refractivity contribution >= 4 is 28.5 Å². The number of hydrogen-bond donors (Lipinski definition) is 0. The smallest absolute Gasteiger partial charge is 0.340 e. The Morgan fingerprint density at radius 2 is 2.00 bits per heavy atom. The number of halogens is 1. The summed E-state index contributed by atoms with van der Waals surface area (Å²) in [5.41, 5.74) is 2.61. The van der Waals surface area contributed by atoms with Gasteiger partial charge in [-0.25, -0.2) is 4.79 Å². The normalized spacial score (nSPS) is 10.8. The van der Waals surface area contributed by atoms with Gasteiger partial charge in [0.25, 0.3) is 0 Å². The van der Waals surface area contributed by atoms with Crippen LogP contribution in [0.15, 0.2) is 48.7 Å². The third-order valence-electron chi connectivity index (χ3n) is 4.14. The summed E-state index contributed by atoms with van der Waals surface area (Å²) in [5, 5.41) is 1.64. The van der Waals surface area contributed by atoms with E-state index in [1.165, 1.54) is 7.11 Å². The second-order valence-electron chi connectivity index (χ2n) is 5.86. The van der Waals surface area contributed by atoms with E-state index in [0.29, 0.717) is 12.2 Å². The summed E-state index contributed by atoms with van der Waals surface area (Å²) in [6.45, 7) is 3.29. The van der Waals surface area contributed by atoms with Gasteiger partial charge in [0.2, 0.25) is 0 Å². The number of carbonyl (C=O) groups is 1. The lowest BCUT2D eigenvalue weighted by Gasteiger charge is -2.09. The second-order valence-corrected chi connectivity index (χ2v) is 6.27. The summed E-state index contributed by atoms with van der Waals surface area (Å²) in [6, 6.07) is 13.5. The zero-order chi connectivity index (χ0) is 17.8. The lowest BCUT2D eigenvalue weighted by atomic mass is 10.2. The summed E-state index contributed by atoms with van der Waals surface area (Å²) in [7, 11) is 1.40. The van der Waals surface area contributed by atoms with Gasteiger partial charge < -0.3 is 14.0 Å². The second kappa shape index (κ2) is 7.62. The number of aromatic nitrogens is 1. The molecule has 4 nitrogen and oxygen atoms in total. The lowest BCUT2D eigenvalue weighted by Crippen LogP contribution is -2.04. The number of rotatable bonds is 6. The maximum Gasteiger partial charge on any atom is 0.340 e. The van der Waals surface area contributed by atoms with E-state index >= 15 is 0 Å². The number of ether oxygens (including phenoxy) is 2. The van der Waals surface area contributed by atoms with Gasteiger partial charge in [0.1, 0.15) is 5.75 Å². The molecule has 3 rings (SSSR count). The van der Waals surface area contributed by atoms with Crippen molar-refractivity contribution in [2.75, 3.05) is 13.7 Å². The molecule has 0 atom stereocenters. The molecule has 0 aliphatic carbocycles. The number of aryl methyl sites for hydroxylation is 2. The molecule has 0 bridgehead atoms. The van der Waals surface area contributed by atoms with E-state index in [0.717, 1.165) is 40.2 Å². The molecule has 5 heteroatoms. The monoisotopic (exact) mass is 357 g/mol. The fourth-order valence-electron chi connectivity index (χ4n) is 2.84. The Bertz CT molecular complexity index is 901. The number of para-hydroxylation sites is 1. The van der Waals surface area contributed by atoms with Crippen molar-refractivity contribution in [3.05, 3.63) is 64.8 Å². The first-order valence-corrected chi connectivity index (χ1v) is 8.53. The highest BCUT2D eigenvalue weighted by Gasteiger charge is 2.14. The molecule has 0 unspecified atom stereocenters. The zero-order valence-electron chi connectivity index (χ0n) is 14.3. The van der Waals surface area contributed by atoms with Gasteiger partial charge in [0.15, 0.2) is 0 Å². The quantitative estimate of drug-likeness (QED) is 0.467. The van der Waals surface area contributed by atoms with E-state index in [-0.39, 0.29) is 5.97 Å². The number of benzene rings is 2. The summed E-state index contributed by atoms with van der Waals surface area (Å²) >= 11 is 6.02. The van der Waals surface area contributed by atoms with Crippen LogP contribution < -0.4 is 4.74 Å². The number of nitrogens with zero attached hydrogens (tertiary/aromatic N) is 1. The van der Waals surface area contributed by atoms with Crippen molar-refractivity contribution in [3.63, 3.8) is 0 Å². The predicted octanol–water partition coefficient (Wildman–Crippen LogP) is 4.86. The molecule has 0 aliphatic heterocycles. The molecular formula is C20H20ClNO3. The van der Waals surface area contributed by atoms with Crippen LogP contribution in [0.3, 0.4) is 0 Å². The van der Waals surface area contributed by atoms with Crippen LogP contribution in [0.1, 0.15) is 22.3 Å². The average molecular weight is 358 g/mol. The minimum Gasteiger partial charge on any atom is -0.494 e. The van der Waals surface area contributed by atoms with Gasteiger partial charge >= 0.3 is 5.97 Å². The van der Waals surface area contributed by atoms with Crippen LogP contribution in [0.25, 0.3) is 10.9 Å². The fraction of sp³-hybridized carbons (Fsp3) is 0.250. The lowest BCUT2D eigenvalue weighted by molar-refractivity contribution is 0.0602. The molecule has 2 aromatic carbocycles. The standard InChI is InChI=1S/C20H20ClNO3/c1-14-12-15(8-9-18(14)21)25-11-5-10-22-13-17(20(23)24-2)16-6-3-4-7-19(16)22/h3-4,6-9,12-13H,5,10-11H2,1-2H3. The van der Waals surface area contributed by atoms with Gasteiger partial charge in [-0.3, -0.25) is 0 Å². The van der Waals surface area contributed by atoms with E-state index in [1.54, 1.807) is 0 Å². The van der Waals surface area contributed by atoms with Gasteiger partial charge in [-0.05, 0) is 43.2 Å². The molecule has 0 amide bonds. The molecule has 3 aromatic rings. The van der Waals surface area contributed by atoms with Gasteiger partial charge in [-0.15, -0.1) is 0 Å². The van der Waals surface area contributed by atoms with Crippen LogP contribution in [0.4, 0.5) is 0 Å². The molecule has 0 spiro atoms. The molecule has 0 fully saturated rings. The molecule has 130 valence electrons. The SMILES string of the molecule is COC(=O)c1cn(CCCOc2ccc(Cl)c(C)c2)c2ccccc12. The third-order valence-corrected chi connectivity index (χ3v) is 4.56. The molecule has 0 aliphatic rings. The fourth-order valence-corrected chi connectivity index (χ4v) is 2.95. The van der Waals surface area contributed by atoms with Crippen molar-refractivity contribution < 1.29 is 14.3 Å². The molecule has 0 N–H and O–H groups in total. The van der Waals surface area contributed by atoms with Gasteiger partial charge in [0, 0.05) is 28.7 Å². The number of hydrogen-bond acceptors (Lipinski definition) is 3. The Balaban J connectivity index is 1.67. The predicted molar refractivity (Wildman–Crippen MR) is 99.6 cm³/mol. The molecule has 0 saturated heterocycles. The van der Waals surface area contributed by atoms with Crippen LogP contribution in [0.2, 0.25) is 5.02 Å². The van der Waals surface area contributed by atoms with Crippen molar-refractivity contribution in [1.82, 2.24) is 4.57 Å². The number of esters is 1. The van der Waals surface area contributed by atoms with E-state index in [2.05, 4.69) is 4.57 Å². The Hall–Kier alpha value is -2.46. The first kappa shape index (κ1) is 17.4. The Labute approximate surface area is 151 Å². The molecule has 0 radical (unpaired) electrons. The summed E-state index contributed by atoms with van der Waals surface area (Å²) in [6.07, 6.45) is 2.67. The van der Waals surface area contributed by atoms with Crippen LogP contribution in [-0.4, -0.2) is 24.3 Å². The van der Waals surface area contributed by atoms with Crippen LogP contribution in [-0.2, 0) is 11.3 Å². The highest BCUT2D eigenvalue weighted by atomic mass is 35.5. The average Bonchev–Trinajstić information content (AvgIpc) is 3.00. The first-order chi connectivity index (χ1) is 12.1. The maximum atomic E-state index is 11.9. The summed E-state index contributed by atoms with van der Waals surface area (Å²) < 4.78 is 12.7. The summed E-state index contributed by atoms with van der Waals surface area (Å²) in [4.78, 5) is 11.9. The van der Waals surface area contributed by atoms with Crippen LogP contribution in [0, 0.1) is 6.92 Å². The molecule has 1 heterocycles. The molecule has 25 heavy (non-hydrogen) atoms. The number of fused-ring (bicyclic) bond motifs is 1. The Morgan fingerprint density at radius 3 is 2.76 bits per heavy atom. The van der Waals surface area contributed by atoms with Gasteiger partial charge in [-0.2, -0.15) is 0 Å². The minimum atomic E-state index is -0.317. The number of carbonyl (C=O) groups excluding carboxylic acids is 1. The van der Waals surface area contributed by atoms with Gasteiger partial charge in [-0.1, -0.05) is 29.8 Å². The van der Waals surface area contributed by atoms with E-state index in [1.807, 2.05) is 55.6 Å². The van der Waals surface area contributed by atoms with Crippen LogP contribution >= 0.6 is 11.6 Å². The molecule has 0 saturated carbocycles. The molecule has 1 aromatic heterocycles. The first-order valence-electron chi connectivity index (χ1n) is 8.15. The van der Waals surface area contributed by atoms with Crippen molar-refractivity contribution in [1.29, 1.82) is 0 Å². The zero-order valence-corrected chi connectivity index (χ0v) is 15.0. The van der Waals surface area contributed by atoms with Crippen molar-refractivity contribution in [2.24, 2.45) is 0 Å². The number of methoxy groups -OCH3 is 1. The van der Waals surface area contributed by atoms with Gasteiger partial charge in [0.05, 0.1) is 19.3 Å². The topological polar surface area (TPSA) is 40.5 Å². The van der Waals surface area contributed by atoms with E-state index < -0.39 is 0 Å². The third kappa shape index (κ3) is 3.80. The largest absolute Gasteiger partial charge is 0.494 e. The van der Waals surface area contributed by atoms with E-state index in [4.69, 9.17) is 21.1 Å². The van der Waals surface area contributed by atoms with Crippen molar-refractivity contribution in [2.45, 2.75) is 19.9 Å². The Morgan fingerprint density at radius 1 is 1.20 bits per heavy atom. The highest BCUT2D eigenvalue weighted by molar-refractivity contribution is 6.31. The summed E-state index contributed by atoms with van der Waals surface area (Å²) in [5.74, 6) is 0.498. The van der Waals surface area contributed by atoms with Crippen LogP contribution in [0.5, 0.6) is 5.75 Å². The highest BCUT2D eigenvalue weighted by Crippen LogP contribution is 2.23. The Kier molecular flexibility index (Phi) is 5.29. The van der Waals surface area contributed by atoms with Crippen molar-refractivity contribution in [3.8, 4) is 5.75 Å². The maximum absolute atomic E-state index is 11.9. The van der Waals surface area contributed by atoms with E-state index in [9.17, 15) is 4.79 Å². The minimum absolute atomic E-state index is 0.317.